The Morgan fingerprint density at radius 3 is 2.95 bits per heavy atom. The van der Waals surface area contributed by atoms with E-state index in [1.54, 1.807) is 0 Å². The van der Waals surface area contributed by atoms with Crippen molar-refractivity contribution < 1.29 is 4.52 Å². The molecule has 0 aliphatic carbocycles. The van der Waals surface area contributed by atoms with Crippen LogP contribution in [0.2, 0.25) is 0 Å². The average Bonchev–Trinajstić information content (AvgIpc) is 3.08. The van der Waals surface area contributed by atoms with E-state index >= 15 is 0 Å². The number of aromatic nitrogens is 3. The molecular weight excluding hydrogens is 300 g/mol. The van der Waals surface area contributed by atoms with E-state index in [1.165, 1.54) is 17.1 Å². The zero-order valence-electron chi connectivity index (χ0n) is 10.4. The molecule has 2 N–H and O–H groups in total. The molecule has 0 spiro atoms. The molecule has 19 heavy (non-hydrogen) atoms. The predicted molar refractivity (Wildman–Crippen MR) is 80.4 cm³/mol. The van der Waals surface area contributed by atoms with E-state index in [4.69, 9.17) is 10.3 Å². The molecule has 0 saturated carbocycles. The standard InChI is InChI=1S/C11H14N4OS3/c1-6-9(18-3-2-17-6)10-14-11(16-15-10)7-5-19-8(4-12)13-7/h5-6,9H,2-4,12H2,1H3. The third kappa shape index (κ3) is 2.81. The molecule has 2 aromatic rings. The highest BCUT2D eigenvalue weighted by Crippen LogP contribution is 2.41. The molecule has 3 heterocycles. The fraction of sp³-hybridized carbons (Fsp3) is 0.545. The van der Waals surface area contributed by atoms with Gasteiger partial charge < -0.3 is 10.3 Å². The summed E-state index contributed by atoms with van der Waals surface area (Å²) in [5.74, 6) is 3.60. The lowest BCUT2D eigenvalue weighted by Gasteiger charge is -2.24. The lowest BCUT2D eigenvalue weighted by atomic mass is 10.3. The number of thioether (sulfide) groups is 2. The van der Waals surface area contributed by atoms with Crippen molar-refractivity contribution in [2.45, 2.75) is 24.0 Å². The van der Waals surface area contributed by atoms with Gasteiger partial charge in [0.1, 0.15) is 10.7 Å². The van der Waals surface area contributed by atoms with Gasteiger partial charge >= 0.3 is 0 Å². The Kier molecular flexibility index (Phi) is 4.11. The normalized spacial score (nSPS) is 23.7. The Morgan fingerprint density at radius 1 is 1.37 bits per heavy atom. The maximum Gasteiger partial charge on any atom is 0.277 e. The molecule has 0 bridgehead atoms. The van der Waals surface area contributed by atoms with Crippen molar-refractivity contribution in [2.24, 2.45) is 5.73 Å². The van der Waals surface area contributed by atoms with Crippen molar-refractivity contribution in [3.8, 4) is 11.6 Å². The number of hydrogen-bond acceptors (Lipinski definition) is 8. The van der Waals surface area contributed by atoms with Crippen LogP contribution in [0.4, 0.5) is 0 Å². The van der Waals surface area contributed by atoms with Gasteiger partial charge in [-0.05, 0) is 0 Å². The minimum absolute atomic E-state index is 0.309. The highest BCUT2D eigenvalue weighted by molar-refractivity contribution is 8.06. The fourth-order valence-electron chi connectivity index (χ4n) is 1.87. The van der Waals surface area contributed by atoms with E-state index in [0.29, 0.717) is 22.9 Å². The first-order valence-corrected chi connectivity index (χ1v) is 8.97. The maximum absolute atomic E-state index is 5.56. The Hall–Kier alpha value is -0.570. The minimum Gasteiger partial charge on any atom is -0.332 e. The molecule has 0 amide bonds. The van der Waals surface area contributed by atoms with Crippen LogP contribution in [-0.4, -0.2) is 31.9 Å². The number of hydrogen-bond donors (Lipinski definition) is 1. The van der Waals surface area contributed by atoms with Gasteiger partial charge in [-0.15, -0.1) is 23.1 Å². The molecule has 2 atom stereocenters. The Balaban J connectivity index is 1.82. The highest BCUT2D eigenvalue weighted by Gasteiger charge is 2.28. The van der Waals surface area contributed by atoms with E-state index in [-0.39, 0.29) is 0 Å². The lowest BCUT2D eigenvalue weighted by Crippen LogP contribution is -2.16. The molecule has 8 heteroatoms. The van der Waals surface area contributed by atoms with Crippen LogP contribution in [0.5, 0.6) is 0 Å². The molecule has 2 aromatic heterocycles. The van der Waals surface area contributed by atoms with Gasteiger partial charge in [0.2, 0.25) is 0 Å². The average molecular weight is 314 g/mol. The van der Waals surface area contributed by atoms with Crippen LogP contribution in [-0.2, 0) is 6.54 Å². The summed E-state index contributed by atoms with van der Waals surface area (Å²) >= 11 is 5.38. The highest BCUT2D eigenvalue weighted by atomic mass is 32.2. The molecule has 3 rings (SSSR count). The third-order valence-corrected chi connectivity index (χ3v) is 6.79. The van der Waals surface area contributed by atoms with Gasteiger partial charge in [-0.2, -0.15) is 16.7 Å². The van der Waals surface area contributed by atoms with Crippen molar-refractivity contribution in [1.29, 1.82) is 0 Å². The molecule has 1 saturated heterocycles. The van der Waals surface area contributed by atoms with Crippen molar-refractivity contribution in [1.82, 2.24) is 15.1 Å². The monoisotopic (exact) mass is 314 g/mol. The molecule has 1 aliphatic rings. The largest absolute Gasteiger partial charge is 0.332 e. The van der Waals surface area contributed by atoms with E-state index in [9.17, 15) is 0 Å². The summed E-state index contributed by atoms with van der Waals surface area (Å²) in [4.78, 5) is 8.86. The second-order valence-corrected chi connectivity index (χ2v) is 7.83. The zero-order valence-corrected chi connectivity index (χ0v) is 12.9. The van der Waals surface area contributed by atoms with Gasteiger partial charge in [0.05, 0.1) is 5.25 Å². The summed E-state index contributed by atoms with van der Waals surface area (Å²) < 4.78 is 5.33. The van der Waals surface area contributed by atoms with Gasteiger partial charge in [-0.3, -0.25) is 0 Å². The Bertz CT molecular complexity index is 556. The van der Waals surface area contributed by atoms with Crippen LogP contribution >= 0.6 is 34.9 Å². The van der Waals surface area contributed by atoms with Crippen LogP contribution in [0.25, 0.3) is 11.6 Å². The molecule has 1 fully saturated rings. The van der Waals surface area contributed by atoms with Crippen molar-refractivity contribution in [3.05, 3.63) is 16.2 Å². The van der Waals surface area contributed by atoms with Crippen molar-refractivity contribution in [2.75, 3.05) is 11.5 Å². The molecule has 2 unspecified atom stereocenters. The molecule has 0 radical (unpaired) electrons. The van der Waals surface area contributed by atoms with Crippen molar-refractivity contribution >= 4 is 34.9 Å². The van der Waals surface area contributed by atoms with Gasteiger partial charge in [0, 0.05) is 28.7 Å². The van der Waals surface area contributed by atoms with Crippen LogP contribution in [0, 0.1) is 0 Å². The van der Waals surface area contributed by atoms with E-state index < -0.39 is 0 Å². The smallest absolute Gasteiger partial charge is 0.277 e. The van der Waals surface area contributed by atoms with E-state index in [2.05, 4.69) is 22.0 Å². The van der Waals surface area contributed by atoms with Gasteiger partial charge in [0.15, 0.2) is 5.82 Å². The summed E-state index contributed by atoms with van der Waals surface area (Å²) in [6.45, 7) is 2.66. The molecule has 102 valence electrons. The SMILES string of the molecule is CC1SCCSC1c1noc(-c2csc(CN)n2)n1. The van der Waals surface area contributed by atoms with E-state index in [1.807, 2.05) is 28.9 Å². The van der Waals surface area contributed by atoms with Gasteiger partial charge in [-0.25, -0.2) is 4.98 Å². The summed E-state index contributed by atoms with van der Waals surface area (Å²) in [5, 5.41) is 7.73. The van der Waals surface area contributed by atoms with Gasteiger partial charge in [0.25, 0.3) is 5.89 Å². The third-order valence-electron chi connectivity index (χ3n) is 2.83. The van der Waals surface area contributed by atoms with Crippen LogP contribution in [0.15, 0.2) is 9.90 Å². The summed E-state index contributed by atoms with van der Waals surface area (Å²) in [6, 6.07) is 0. The number of nitrogens with zero attached hydrogens (tertiary/aromatic N) is 3. The van der Waals surface area contributed by atoms with E-state index in [0.717, 1.165) is 22.3 Å². The molecular formula is C11H14N4OS3. The minimum atomic E-state index is 0.309. The second kappa shape index (κ2) is 5.82. The molecule has 1 aliphatic heterocycles. The number of thiazole rings is 1. The number of nitrogens with two attached hydrogens (primary N) is 1. The summed E-state index contributed by atoms with van der Waals surface area (Å²) in [5.41, 5.74) is 6.28. The van der Waals surface area contributed by atoms with Crippen LogP contribution in [0.1, 0.15) is 23.0 Å². The molecule has 0 aromatic carbocycles. The van der Waals surface area contributed by atoms with Crippen LogP contribution < -0.4 is 5.73 Å². The number of rotatable bonds is 3. The fourth-order valence-corrected chi connectivity index (χ4v) is 5.20. The molecule has 5 nitrogen and oxygen atoms in total. The topological polar surface area (TPSA) is 77.8 Å². The quantitative estimate of drug-likeness (QED) is 0.932. The second-order valence-electron chi connectivity index (χ2n) is 4.16. The Labute approximate surface area is 123 Å². The maximum atomic E-state index is 5.56. The summed E-state index contributed by atoms with van der Waals surface area (Å²) in [7, 11) is 0. The van der Waals surface area contributed by atoms with Crippen molar-refractivity contribution in [3.63, 3.8) is 0 Å². The van der Waals surface area contributed by atoms with Gasteiger partial charge in [-0.1, -0.05) is 12.1 Å². The van der Waals surface area contributed by atoms with Crippen LogP contribution in [0.3, 0.4) is 0 Å². The first kappa shape index (κ1) is 13.4. The first-order valence-electron chi connectivity index (χ1n) is 5.99. The zero-order chi connectivity index (χ0) is 13.2. The lowest BCUT2D eigenvalue weighted by molar-refractivity contribution is 0.420. The Morgan fingerprint density at radius 2 is 2.21 bits per heavy atom. The predicted octanol–water partition coefficient (Wildman–Crippen LogP) is 2.56. The first-order chi connectivity index (χ1) is 9.28. The summed E-state index contributed by atoms with van der Waals surface area (Å²) in [6.07, 6.45) is 0.